The van der Waals surface area contributed by atoms with Gasteiger partial charge in [-0.05, 0) is 25.1 Å². The molecule has 0 radical (unpaired) electrons. The van der Waals surface area contributed by atoms with E-state index in [1.807, 2.05) is 0 Å². The zero-order valence-electron chi connectivity index (χ0n) is 11.7. The quantitative estimate of drug-likeness (QED) is 0.720. The molecule has 22 heavy (non-hydrogen) atoms. The van der Waals surface area contributed by atoms with Gasteiger partial charge in [0.2, 0.25) is 11.7 Å². The second-order valence-corrected chi connectivity index (χ2v) is 6.44. The van der Waals surface area contributed by atoms with Crippen molar-refractivity contribution in [1.29, 1.82) is 0 Å². The van der Waals surface area contributed by atoms with Crippen molar-refractivity contribution in [1.82, 2.24) is 10.1 Å². The van der Waals surface area contributed by atoms with E-state index in [1.165, 1.54) is 12.3 Å². The summed E-state index contributed by atoms with van der Waals surface area (Å²) in [5.74, 6) is 0.694. The van der Waals surface area contributed by atoms with Crippen LogP contribution in [0.4, 0.5) is 4.39 Å². The summed E-state index contributed by atoms with van der Waals surface area (Å²) in [5.41, 5.74) is 0.409. The van der Waals surface area contributed by atoms with E-state index in [1.54, 1.807) is 37.3 Å². The lowest BCUT2D eigenvalue weighted by molar-refractivity contribution is 0.389. The van der Waals surface area contributed by atoms with E-state index in [2.05, 4.69) is 10.1 Å². The van der Waals surface area contributed by atoms with Crippen molar-refractivity contribution in [3.63, 3.8) is 0 Å². The van der Waals surface area contributed by atoms with E-state index in [4.69, 9.17) is 8.94 Å². The molecular weight excluding hydrogens is 307 g/mol. The molecule has 7 heteroatoms. The van der Waals surface area contributed by atoms with Gasteiger partial charge in [-0.3, -0.25) is 4.21 Å². The van der Waals surface area contributed by atoms with Crippen molar-refractivity contribution < 1.29 is 17.5 Å². The number of hydrogen-bond acceptors (Lipinski definition) is 5. The van der Waals surface area contributed by atoms with Crippen LogP contribution in [0, 0.1) is 5.82 Å². The third-order valence-electron chi connectivity index (χ3n) is 3.21. The molecule has 0 aliphatic carbocycles. The van der Waals surface area contributed by atoms with Gasteiger partial charge in [0.05, 0.1) is 11.5 Å². The zero-order valence-corrected chi connectivity index (χ0v) is 12.5. The molecule has 1 aromatic carbocycles. The Morgan fingerprint density at radius 2 is 2.09 bits per heavy atom. The molecule has 0 unspecified atom stereocenters. The number of halogens is 1. The highest BCUT2D eigenvalue weighted by Crippen LogP contribution is 2.24. The summed E-state index contributed by atoms with van der Waals surface area (Å²) in [7, 11) is -1.38. The maximum Gasteiger partial charge on any atom is 0.239 e. The predicted molar refractivity (Wildman–Crippen MR) is 78.7 cm³/mol. The second kappa shape index (κ2) is 6.23. The number of aromatic nitrogens is 2. The van der Waals surface area contributed by atoms with Gasteiger partial charge in [0.25, 0.3) is 0 Å². The molecule has 0 N–H and O–H groups in total. The van der Waals surface area contributed by atoms with Crippen LogP contribution in [-0.4, -0.2) is 14.3 Å². The molecule has 0 amide bonds. The predicted octanol–water partition coefficient (Wildman–Crippen LogP) is 3.48. The zero-order chi connectivity index (χ0) is 15.5. The molecule has 0 saturated carbocycles. The van der Waals surface area contributed by atoms with E-state index in [9.17, 15) is 8.60 Å². The Labute approximate surface area is 128 Å². The monoisotopic (exact) mass is 320 g/mol. The SMILES string of the molecule is C[C@@H](c1ccccc1F)[S@](=O)Cc1nc(-c2ccco2)no1. The molecular formula is C15H13FN2O3S. The maximum atomic E-state index is 13.7. The number of nitrogens with zero attached hydrogens (tertiary/aromatic N) is 2. The Morgan fingerprint density at radius 1 is 1.27 bits per heavy atom. The standard InChI is InChI=1S/C15H13FN2O3S/c1-10(11-5-2-3-6-12(11)16)22(19)9-14-17-15(18-21-14)13-7-4-8-20-13/h2-8,10H,9H2,1H3/t10-,22+/m0/s1. The fraction of sp³-hybridized carbons (Fsp3) is 0.200. The lowest BCUT2D eigenvalue weighted by Crippen LogP contribution is -2.07. The minimum Gasteiger partial charge on any atom is -0.461 e. The van der Waals surface area contributed by atoms with Gasteiger partial charge in [0, 0.05) is 16.4 Å². The lowest BCUT2D eigenvalue weighted by Gasteiger charge is -2.11. The summed E-state index contributed by atoms with van der Waals surface area (Å²) in [6.07, 6.45) is 1.50. The van der Waals surface area contributed by atoms with Crippen molar-refractivity contribution in [3.8, 4) is 11.6 Å². The van der Waals surface area contributed by atoms with Crippen LogP contribution < -0.4 is 0 Å². The first kappa shape index (κ1) is 14.6. The van der Waals surface area contributed by atoms with Crippen LogP contribution in [0.15, 0.2) is 51.6 Å². The number of rotatable bonds is 5. The lowest BCUT2D eigenvalue weighted by atomic mass is 10.1. The van der Waals surface area contributed by atoms with Gasteiger partial charge in [0.1, 0.15) is 11.6 Å². The molecule has 5 nitrogen and oxygen atoms in total. The smallest absolute Gasteiger partial charge is 0.239 e. The van der Waals surface area contributed by atoms with Gasteiger partial charge in [-0.2, -0.15) is 4.98 Å². The van der Waals surface area contributed by atoms with Crippen LogP contribution in [0.3, 0.4) is 0 Å². The fourth-order valence-corrected chi connectivity index (χ4v) is 3.10. The summed E-state index contributed by atoms with van der Waals surface area (Å²) in [5, 5.41) is 3.30. The third-order valence-corrected chi connectivity index (χ3v) is 4.79. The summed E-state index contributed by atoms with van der Waals surface area (Å²) in [4.78, 5) is 4.13. The van der Waals surface area contributed by atoms with E-state index in [0.29, 0.717) is 17.1 Å². The molecule has 2 atom stereocenters. The normalized spacial score (nSPS) is 13.9. The van der Waals surface area contributed by atoms with Crippen LogP contribution in [0.5, 0.6) is 0 Å². The molecule has 0 spiro atoms. The second-order valence-electron chi connectivity index (χ2n) is 4.68. The van der Waals surface area contributed by atoms with Gasteiger partial charge < -0.3 is 8.94 Å². The minimum absolute atomic E-state index is 0.0587. The molecule has 114 valence electrons. The van der Waals surface area contributed by atoms with Crippen LogP contribution >= 0.6 is 0 Å². The van der Waals surface area contributed by atoms with Crippen molar-refractivity contribution in [2.45, 2.75) is 17.9 Å². The van der Waals surface area contributed by atoms with Crippen molar-refractivity contribution in [2.75, 3.05) is 0 Å². The van der Waals surface area contributed by atoms with E-state index < -0.39 is 16.0 Å². The Morgan fingerprint density at radius 3 is 2.82 bits per heavy atom. The fourth-order valence-electron chi connectivity index (χ4n) is 2.01. The molecule has 3 rings (SSSR count). The molecule has 2 heterocycles. The topological polar surface area (TPSA) is 69.1 Å². The Balaban J connectivity index is 1.73. The molecule has 2 aromatic heterocycles. The average molecular weight is 320 g/mol. The summed E-state index contributed by atoms with van der Waals surface area (Å²) >= 11 is 0. The minimum atomic E-state index is -1.38. The van der Waals surface area contributed by atoms with Crippen molar-refractivity contribution in [3.05, 3.63) is 59.9 Å². The largest absolute Gasteiger partial charge is 0.461 e. The van der Waals surface area contributed by atoms with E-state index >= 15 is 0 Å². The van der Waals surface area contributed by atoms with Gasteiger partial charge in [-0.1, -0.05) is 23.4 Å². The first-order valence-corrected chi connectivity index (χ1v) is 8.01. The third kappa shape index (κ3) is 2.99. The van der Waals surface area contributed by atoms with Crippen molar-refractivity contribution >= 4 is 10.8 Å². The highest BCUT2D eigenvalue weighted by molar-refractivity contribution is 7.84. The number of furan rings is 1. The Kier molecular flexibility index (Phi) is 4.15. The molecule has 0 aliphatic heterocycles. The first-order valence-electron chi connectivity index (χ1n) is 6.63. The first-order chi connectivity index (χ1) is 10.6. The van der Waals surface area contributed by atoms with E-state index in [0.717, 1.165) is 0 Å². The Hall–Kier alpha value is -2.28. The van der Waals surface area contributed by atoms with Crippen molar-refractivity contribution in [2.24, 2.45) is 0 Å². The average Bonchev–Trinajstić information content (AvgIpc) is 3.17. The van der Waals surface area contributed by atoms with Gasteiger partial charge >= 0.3 is 0 Å². The molecule has 0 saturated heterocycles. The van der Waals surface area contributed by atoms with Crippen LogP contribution in [0.1, 0.15) is 23.6 Å². The highest BCUT2D eigenvalue weighted by atomic mass is 32.2. The van der Waals surface area contributed by atoms with Crippen LogP contribution in [0.2, 0.25) is 0 Å². The summed E-state index contributed by atoms with van der Waals surface area (Å²) in [6, 6.07) is 9.71. The highest BCUT2D eigenvalue weighted by Gasteiger charge is 2.20. The molecule has 0 aliphatic rings. The van der Waals surface area contributed by atoms with Crippen LogP contribution in [0.25, 0.3) is 11.6 Å². The molecule has 0 fully saturated rings. The van der Waals surface area contributed by atoms with Gasteiger partial charge in [-0.15, -0.1) is 0 Å². The Bertz CT molecular complexity index is 786. The summed E-state index contributed by atoms with van der Waals surface area (Å²) < 4.78 is 36.3. The molecule has 3 aromatic rings. The van der Waals surface area contributed by atoms with Gasteiger partial charge in [0.15, 0.2) is 5.76 Å². The van der Waals surface area contributed by atoms with Crippen LogP contribution in [-0.2, 0) is 16.6 Å². The van der Waals surface area contributed by atoms with Gasteiger partial charge in [-0.25, -0.2) is 4.39 Å². The molecule has 0 bridgehead atoms. The number of hydrogen-bond donors (Lipinski definition) is 0. The number of benzene rings is 1. The maximum absolute atomic E-state index is 13.7. The van der Waals surface area contributed by atoms with E-state index in [-0.39, 0.29) is 17.5 Å². The summed E-state index contributed by atoms with van der Waals surface area (Å²) in [6.45, 7) is 1.71.